The average Bonchev–Trinajstić information content (AvgIpc) is 3.37. The summed E-state index contributed by atoms with van der Waals surface area (Å²) in [6.45, 7) is 0.478. The maximum atomic E-state index is 12.6. The number of ketones is 1. The van der Waals surface area contributed by atoms with Crippen LogP contribution in [-0.4, -0.2) is 65.5 Å². The summed E-state index contributed by atoms with van der Waals surface area (Å²) in [7, 11) is 0.709. The molecule has 0 atom stereocenters. The van der Waals surface area contributed by atoms with Gasteiger partial charge in [0.1, 0.15) is 11.3 Å². The van der Waals surface area contributed by atoms with E-state index in [1.165, 1.54) is 62.0 Å². The minimum Gasteiger partial charge on any atom is -0.496 e. The summed E-state index contributed by atoms with van der Waals surface area (Å²) < 4.78 is 47.3. The van der Waals surface area contributed by atoms with E-state index in [0.29, 0.717) is 24.6 Å². The van der Waals surface area contributed by atoms with Gasteiger partial charge in [-0.25, -0.2) is 13.2 Å². The van der Waals surface area contributed by atoms with Crippen LogP contribution in [0.25, 0.3) is 0 Å². The normalized spacial score (nSPS) is 14.1. The van der Waals surface area contributed by atoms with Gasteiger partial charge in [-0.05, 0) is 37.1 Å². The Morgan fingerprint density at radius 3 is 2.00 bits per heavy atom. The van der Waals surface area contributed by atoms with Crippen molar-refractivity contribution in [2.45, 2.75) is 17.7 Å². The maximum Gasteiger partial charge on any atom is 0.342 e. The Morgan fingerprint density at radius 2 is 1.44 bits per heavy atom. The zero-order chi connectivity index (χ0) is 23.3. The van der Waals surface area contributed by atoms with Crippen molar-refractivity contribution in [2.24, 2.45) is 0 Å². The van der Waals surface area contributed by atoms with E-state index in [2.05, 4.69) is 0 Å². The predicted octanol–water partition coefficient (Wildman–Crippen LogP) is 2.54. The van der Waals surface area contributed by atoms with Crippen molar-refractivity contribution in [3.8, 4) is 17.2 Å². The molecule has 0 aliphatic carbocycles. The highest BCUT2D eigenvalue weighted by Gasteiger charge is 2.27. The number of nitrogens with zero attached hydrogens (tertiary/aromatic N) is 1. The third-order valence-corrected chi connectivity index (χ3v) is 7.05. The maximum absolute atomic E-state index is 12.6. The second-order valence-corrected chi connectivity index (χ2v) is 8.98. The highest BCUT2D eigenvalue weighted by Crippen LogP contribution is 2.35. The van der Waals surface area contributed by atoms with Crippen molar-refractivity contribution >= 4 is 21.8 Å². The molecule has 1 aliphatic heterocycles. The van der Waals surface area contributed by atoms with Gasteiger partial charge >= 0.3 is 5.97 Å². The van der Waals surface area contributed by atoms with Crippen LogP contribution >= 0.6 is 0 Å². The van der Waals surface area contributed by atoms with Gasteiger partial charge in [0.05, 0.1) is 26.2 Å². The molecule has 1 saturated heterocycles. The van der Waals surface area contributed by atoms with Crippen LogP contribution in [0.4, 0.5) is 0 Å². The van der Waals surface area contributed by atoms with Gasteiger partial charge in [0.25, 0.3) is 0 Å². The van der Waals surface area contributed by atoms with E-state index in [0.717, 1.165) is 12.8 Å². The fraction of sp³-hybridized carbons (Fsp3) is 0.364. The largest absolute Gasteiger partial charge is 0.496 e. The number of esters is 1. The Morgan fingerprint density at radius 1 is 0.875 bits per heavy atom. The fourth-order valence-electron chi connectivity index (χ4n) is 3.37. The molecular formula is C22H25NO8S. The van der Waals surface area contributed by atoms with Crippen molar-refractivity contribution in [2.75, 3.05) is 41.0 Å². The zero-order valence-electron chi connectivity index (χ0n) is 18.1. The number of benzene rings is 2. The number of rotatable bonds is 9. The van der Waals surface area contributed by atoms with E-state index >= 15 is 0 Å². The number of methoxy groups -OCH3 is 3. The van der Waals surface area contributed by atoms with Crippen LogP contribution < -0.4 is 14.2 Å². The number of ether oxygens (including phenoxy) is 4. The van der Waals surface area contributed by atoms with Crippen LogP contribution in [0.5, 0.6) is 17.2 Å². The highest BCUT2D eigenvalue weighted by atomic mass is 32.2. The van der Waals surface area contributed by atoms with Gasteiger partial charge in [-0.15, -0.1) is 0 Å². The summed E-state index contributed by atoms with van der Waals surface area (Å²) in [6.07, 6.45) is 1.68. The first-order valence-corrected chi connectivity index (χ1v) is 11.4. The Balaban J connectivity index is 1.69. The lowest BCUT2D eigenvalue weighted by Crippen LogP contribution is -2.27. The first-order chi connectivity index (χ1) is 15.3. The van der Waals surface area contributed by atoms with Crippen LogP contribution in [0.15, 0.2) is 41.3 Å². The fourth-order valence-corrected chi connectivity index (χ4v) is 4.89. The van der Waals surface area contributed by atoms with Crippen LogP contribution in [0, 0.1) is 0 Å². The Labute approximate surface area is 186 Å². The predicted molar refractivity (Wildman–Crippen MR) is 115 cm³/mol. The van der Waals surface area contributed by atoms with Crippen LogP contribution in [0.1, 0.15) is 33.6 Å². The van der Waals surface area contributed by atoms with Gasteiger partial charge in [-0.3, -0.25) is 4.79 Å². The molecule has 0 aromatic heterocycles. The monoisotopic (exact) mass is 463 g/mol. The summed E-state index contributed by atoms with van der Waals surface area (Å²) in [5, 5.41) is 0. The van der Waals surface area contributed by atoms with Gasteiger partial charge < -0.3 is 18.9 Å². The summed E-state index contributed by atoms with van der Waals surface area (Å²) in [5.74, 6) is -0.355. The lowest BCUT2D eigenvalue weighted by molar-refractivity contribution is 0.0471. The Kier molecular flexibility index (Phi) is 7.37. The average molecular weight is 464 g/mol. The molecule has 0 bridgehead atoms. The standard InChI is InChI=1S/C22H25NO8S/c1-28-19-13-21(30-3)20(29-2)12-17(19)22(25)31-14-18(24)15-6-8-16(9-7-15)32(26,27)23-10-4-5-11-23/h6-9,12-13H,4-5,10-11,14H2,1-3H3. The van der Waals surface area contributed by atoms with Crippen LogP contribution in [0.3, 0.4) is 0 Å². The Hall–Kier alpha value is -3.11. The molecule has 2 aromatic rings. The molecule has 3 rings (SSSR count). The van der Waals surface area contributed by atoms with Crippen molar-refractivity contribution in [1.82, 2.24) is 4.31 Å². The minimum atomic E-state index is -3.56. The SMILES string of the molecule is COc1cc(OC)c(C(=O)OCC(=O)c2ccc(S(=O)(=O)N3CCCC3)cc2)cc1OC. The van der Waals surface area contributed by atoms with Gasteiger partial charge in [-0.2, -0.15) is 4.31 Å². The van der Waals surface area contributed by atoms with Crippen molar-refractivity contribution in [1.29, 1.82) is 0 Å². The molecule has 0 saturated carbocycles. The lowest BCUT2D eigenvalue weighted by atomic mass is 10.1. The van der Waals surface area contributed by atoms with Gasteiger partial charge in [0, 0.05) is 30.8 Å². The van der Waals surface area contributed by atoms with Crippen molar-refractivity contribution < 1.29 is 37.0 Å². The summed E-state index contributed by atoms with van der Waals surface area (Å²) in [6, 6.07) is 8.49. The van der Waals surface area contributed by atoms with Gasteiger partial charge in [-0.1, -0.05) is 0 Å². The van der Waals surface area contributed by atoms with Crippen molar-refractivity contribution in [3.63, 3.8) is 0 Å². The number of Topliss-reactive ketones (excluding diaryl/α,β-unsaturated/α-hetero) is 1. The number of carbonyl (C=O) groups is 2. The second-order valence-electron chi connectivity index (χ2n) is 7.04. The van der Waals surface area contributed by atoms with E-state index in [1.807, 2.05) is 0 Å². The highest BCUT2D eigenvalue weighted by molar-refractivity contribution is 7.89. The van der Waals surface area contributed by atoms with Gasteiger partial charge in [0.15, 0.2) is 23.9 Å². The molecule has 1 heterocycles. The molecule has 9 nitrogen and oxygen atoms in total. The molecule has 0 amide bonds. The molecule has 2 aromatic carbocycles. The minimum absolute atomic E-state index is 0.0741. The number of sulfonamides is 1. The van der Waals surface area contributed by atoms with E-state index < -0.39 is 28.4 Å². The molecule has 0 radical (unpaired) electrons. The quantitative estimate of drug-likeness (QED) is 0.412. The molecular weight excluding hydrogens is 438 g/mol. The van der Waals surface area contributed by atoms with E-state index in [9.17, 15) is 18.0 Å². The molecule has 1 fully saturated rings. The zero-order valence-corrected chi connectivity index (χ0v) is 18.9. The van der Waals surface area contributed by atoms with Crippen LogP contribution in [-0.2, 0) is 14.8 Å². The first kappa shape index (κ1) is 23.6. The third kappa shape index (κ3) is 4.86. The van der Waals surface area contributed by atoms with Crippen molar-refractivity contribution in [3.05, 3.63) is 47.5 Å². The van der Waals surface area contributed by atoms with Crippen LogP contribution in [0.2, 0.25) is 0 Å². The number of hydrogen-bond donors (Lipinski definition) is 0. The van der Waals surface area contributed by atoms with E-state index in [-0.39, 0.29) is 21.8 Å². The smallest absolute Gasteiger partial charge is 0.342 e. The Bertz CT molecular complexity index is 1090. The molecule has 172 valence electrons. The summed E-state index contributed by atoms with van der Waals surface area (Å²) in [5.41, 5.74) is 0.308. The molecule has 1 aliphatic rings. The second kappa shape index (κ2) is 10.0. The van der Waals surface area contributed by atoms with Gasteiger partial charge in [0.2, 0.25) is 10.0 Å². The van der Waals surface area contributed by atoms with E-state index in [4.69, 9.17) is 18.9 Å². The topological polar surface area (TPSA) is 108 Å². The summed E-state index contributed by atoms with van der Waals surface area (Å²) in [4.78, 5) is 25.1. The third-order valence-electron chi connectivity index (χ3n) is 5.14. The molecule has 0 unspecified atom stereocenters. The molecule has 32 heavy (non-hydrogen) atoms. The molecule has 0 N–H and O–H groups in total. The number of carbonyl (C=O) groups excluding carboxylic acids is 2. The molecule has 0 spiro atoms. The first-order valence-electron chi connectivity index (χ1n) is 9.92. The lowest BCUT2D eigenvalue weighted by Gasteiger charge is -2.15. The van der Waals surface area contributed by atoms with E-state index in [1.54, 1.807) is 0 Å². The molecule has 10 heteroatoms. The number of hydrogen-bond acceptors (Lipinski definition) is 8. The summed E-state index contributed by atoms with van der Waals surface area (Å²) >= 11 is 0.